The van der Waals surface area contributed by atoms with E-state index in [4.69, 9.17) is 0 Å². The maximum Gasteiger partial charge on any atom is 0.351 e. The van der Waals surface area contributed by atoms with Gasteiger partial charge in [0.15, 0.2) is 0 Å². The van der Waals surface area contributed by atoms with Gasteiger partial charge in [0, 0.05) is 14.1 Å². The lowest BCUT2D eigenvalue weighted by Gasteiger charge is -1.96. The Morgan fingerprint density at radius 1 is 1.27 bits per heavy atom. The van der Waals surface area contributed by atoms with Crippen molar-refractivity contribution in [3.05, 3.63) is 40.8 Å². The summed E-state index contributed by atoms with van der Waals surface area (Å²) >= 11 is 0. The zero-order valence-corrected chi connectivity index (χ0v) is 8.64. The highest BCUT2D eigenvalue weighted by atomic mass is 16.2. The quantitative estimate of drug-likeness (QED) is 0.780. The fourth-order valence-corrected chi connectivity index (χ4v) is 1.39. The van der Waals surface area contributed by atoms with Crippen LogP contribution in [0.3, 0.4) is 0 Å². The summed E-state index contributed by atoms with van der Waals surface area (Å²) in [6.07, 6.45) is 0. The first kappa shape index (κ1) is 9.51. The van der Waals surface area contributed by atoms with E-state index in [1.807, 2.05) is 30.3 Å². The van der Waals surface area contributed by atoms with Gasteiger partial charge in [-0.1, -0.05) is 18.2 Å². The van der Waals surface area contributed by atoms with Crippen molar-refractivity contribution in [2.45, 2.75) is 0 Å². The monoisotopic (exact) mass is 204 g/mol. The topological polar surface area (TPSA) is 51.9 Å². The van der Waals surface area contributed by atoms with E-state index in [9.17, 15) is 4.79 Å². The van der Waals surface area contributed by atoms with Gasteiger partial charge in [0.05, 0.1) is 5.69 Å². The molecule has 1 N–H and O–H groups in total. The van der Waals surface area contributed by atoms with E-state index in [2.05, 4.69) is 10.4 Å². The normalized spacial score (nSPS) is 10.3. The largest absolute Gasteiger partial charge is 0.357 e. The highest BCUT2D eigenvalue weighted by Crippen LogP contribution is 2.04. The Balaban J connectivity index is 2.60. The van der Waals surface area contributed by atoms with Gasteiger partial charge in [0.25, 0.3) is 0 Å². The fraction of sp³-hybridized carbons (Fsp3) is 0.200. The molecule has 78 valence electrons. The average molecular weight is 204 g/mol. The number of benzene rings is 1. The summed E-state index contributed by atoms with van der Waals surface area (Å²) in [5, 5.41) is 7.01. The molecule has 0 aliphatic rings. The molecule has 1 heterocycles. The van der Waals surface area contributed by atoms with E-state index in [1.54, 1.807) is 14.1 Å². The van der Waals surface area contributed by atoms with Gasteiger partial charge in [-0.2, -0.15) is 4.68 Å². The van der Waals surface area contributed by atoms with Crippen LogP contribution < -0.4 is 11.0 Å². The molecule has 0 saturated carbocycles. The van der Waals surface area contributed by atoms with Crippen LogP contribution >= 0.6 is 0 Å². The molecule has 1 aromatic carbocycles. The third-order valence-corrected chi connectivity index (χ3v) is 2.20. The highest BCUT2D eigenvalue weighted by Gasteiger charge is 2.09. The van der Waals surface area contributed by atoms with Crippen LogP contribution in [0.15, 0.2) is 35.1 Å². The molecule has 2 rings (SSSR count). The number of nitrogens with one attached hydrogen (secondary N) is 1. The molecule has 0 fully saturated rings. The number of nitrogens with zero attached hydrogens (tertiary/aromatic N) is 3. The molecule has 0 saturated heterocycles. The summed E-state index contributed by atoms with van der Waals surface area (Å²) in [5.41, 5.74) is 0.602. The standard InChI is InChI=1S/C10H12N4O/c1-11-9-12-14(10(15)13(9)2)8-6-4-3-5-7-8/h3-7H,1-2H3,(H,11,12). The molecule has 0 bridgehead atoms. The van der Waals surface area contributed by atoms with Crippen LogP contribution in [0.5, 0.6) is 0 Å². The van der Waals surface area contributed by atoms with Crippen molar-refractivity contribution < 1.29 is 0 Å². The van der Waals surface area contributed by atoms with Crippen molar-refractivity contribution in [3.8, 4) is 5.69 Å². The number of para-hydroxylation sites is 1. The molecule has 0 aliphatic carbocycles. The third kappa shape index (κ3) is 1.52. The van der Waals surface area contributed by atoms with E-state index in [0.717, 1.165) is 5.69 Å². The highest BCUT2D eigenvalue weighted by molar-refractivity contribution is 5.32. The summed E-state index contributed by atoms with van der Waals surface area (Å²) in [6, 6.07) is 9.32. The maximum absolute atomic E-state index is 11.8. The minimum Gasteiger partial charge on any atom is -0.357 e. The number of rotatable bonds is 2. The lowest BCUT2D eigenvalue weighted by molar-refractivity contribution is 0.799. The van der Waals surface area contributed by atoms with Gasteiger partial charge in [0.2, 0.25) is 5.95 Å². The Hall–Kier alpha value is -2.04. The molecule has 0 amide bonds. The Morgan fingerprint density at radius 2 is 1.93 bits per heavy atom. The van der Waals surface area contributed by atoms with Crippen LogP contribution in [-0.4, -0.2) is 21.4 Å². The van der Waals surface area contributed by atoms with Gasteiger partial charge in [-0.05, 0) is 12.1 Å². The summed E-state index contributed by atoms with van der Waals surface area (Å²) in [4.78, 5) is 11.8. The van der Waals surface area contributed by atoms with E-state index in [1.165, 1.54) is 9.25 Å². The minimum absolute atomic E-state index is 0.162. The molecule has 5 nitrogen and oxygen atoms in total. The molecule has 0 spiro atoms. The first-order valence-electron chi connectivity index (χ1n) is 4.63. The molecule has 1 aromatic heterocycles. The van der Waals surface area contributed by atoms with Crippen molar-refractivity contribution in [2.75, 3.05) is 12.4 Å². The smallest absolute Gasteiger partial charge is 0.351 e. The van der Waals surface area contributed by atoms with Crippen LogP contribution in [0.25, 0.3) is 5.69 Å². The number of anilines is 1. The van der Waals surface area contributed by atoms with Gasteiger partial charge >= 0.3 is 5.69 Å². The van der Waals surface area contributed by atoms with Gasteiger partial charge in [-0.3, -0.25) is 4.57 Å². The van der Waals surface area contributed by atoms with Gasteiger partial charge in [0.1, 0.15) is 0 Å². The van der Waals surface area contributed by atoms with Crippen LogP contribution in [0, 0.1) is 0 Å². The lowest BCUT2D eigenvalue weighted by Crippen LogP contribution is -2.21. The second kappa shape index (κ2) is 3.61. The van der Waals surface area contributed by atoms with Crippen LogP contribution in [0.1, 0.15) is 0 Å². The number of hydrogen-bond acceptors (Lipinski definition) is 3. The molecule has 0 atom stereocenters. The van der Waals surface area contributed by atoms with Crippen molar-refractivity contribution in [1.29, 1.82) is 0 Å². The first-order valence-corrected chi connectivity index (χ1v) is 4.63. The lowest BCUT2D eigenvalue weighted by atomic mass is 10.3. The summed E-state index contributed by atoms with van der Waals surface area (Å²) < 4.78 is 2.83. The average Bonchev–Trinajstić information content (AvgIpc) is 2.57. The van der Waals surface area contributed by atoms with Gasteiger partial charge in [-0.25, -0.2) is 4.79 Å². The van der Waals surface area contributed by atoms with E-state index < -0.39 is 0 Å². The predicted molar refractivity (Wildman–Crippen MR) is 58.4 cm³/mol. The van der Waals surface area contributed by atoms with E-state index in [-0.39, 0.29) is 5.69 Å². The number of hydrogen-bond donors (Lipinski definition) is 1. The Bertz CT molecular complexity index is 512. The minimum atomic E-state index is -0.162. The fourth-order valence-electron chi connectivity index (χ4n) is 1.39. The zero-order chi connectivity index (χ0) is 10.8. The van der Waals surface area contributed by atoms with Gasteiger partial charge < -0.3 is 5.32 Å². The maximum atomic E-state index is 11.8. The summed E-state index contributed by atoms with van der Waals surface area (Å²) in [6.45, 7) is 0. The Morgan fingerprint density at radius 3 is 2.47 bits per heavy atom. The van der Waals surface area contributed by atoms with Crippen molar-refractivity contribution >= 4 is 5.95 Å². The molecule has 5 heteroatoms. The second-order valence-corrected chi connectivity index (χ2v) is 3.16. The Labute approximate surface area is 87.0 Å². The van der Waals surface area contributed by atoms with Crippen LogP contribution in [0.2, 0.25) is 0 Å². The zero-order valence-electron chi connectivity index (χ0n) is 8.64. The van der Waals surface area contributed by atoms with Gasteiger partial charge in [-0.15, -0.1) is 5.10 Å². The third-order valence-electron chi connectivity index (χ3n) is 2.20. The summed E-state index contributed by atoms with van der Waals surface area (Å²) in [5.74, 6) is 0.545. The molecule has 15 heavy (non-hydrogen) atoms. The second-order valence-electron chi connectivity index (χ2n) is 3.16. The van der Waals surface area contributed by atoms with Crippen molar-refractivity contribution in [1.82, 2.24) is 14.3 Å². The molecular formula is C10H12N4O. The Kier molecular flexibility index (Phi) is 2.29. The number of aromatic nitrogens is 3. The summed E-state index contributed by atoms with van der Waals surface area (Å²) in [7, 11) is 3.41. The van der Waals surface area contributed by atoms with E-state index in [0.29, 0.717) is 5.95 Å². The molecule has 0 aliphatic heterocycles. The van der Waals surface area contributed by atoms with E-state index >= 15 is 0 Å². The molecule has 2 aromatic rings. The van der Waals surface area contributed by atoms with Crippen molar-refractivity contribution in [3.63, 3.8) is 0 Å². The van der Waals surface area contributed by atoms with Crippen molar-refractivity contribution in [2.24, 2.45) is 7.05 Å². The molecular weight excluding hydrogens is 192 g/mol. The van der Waals surface area contributed by atoms with Crippen LogP contribution in [-0.2, 0) is 7.05 Å². The SMILES string of the molecule is CNc1nn(-c2ccccc2)c(=O)n1C. The molecule has 0 radical (unpaired) electrons. The molecule has 0 unspecified atom stereocenters. The predicted octanol–water partition coefficient (Wildman–Crippen LogP) is 0.613. The van der Waals surface area contributed by atoms with Crippen LogP contribution in [0.4, 0.5) is 5.95 Å². The first-order chi connectivity index (χ1) is 7.24.